The van der Waals surface area contributed by atoms with Gasteiger partial charge < -0.3 is 0 Å². The summed E-state index contributed by atoms with van der Waals surface area (Å²) in [7, 11) is 0. The van der Waals surface area contributed by atoms with Crippen LogP contribution in [0.5, 0.6) is 0 Å². The predicted molar refractivity (Wildman–Crippen MR) is 97.9 cm³/mol. The molecule has 3 aromatic rings. The van der Waals surface area contributed by atoms with E-state index in [1.807, 2.05) is 32.0 Å². The Kier molecular flexibility index (Phi) is 5.12. The summed E-state index contributed by atoms with van der Waals surface area (Å²) in [6.07, 6.45) is 0. The van der Waals surface area contributed by atoms with Crippen molar-refractivity contribution in [2.75, 3.05) is 0 Å². The maximum absolute atomic E-state index is 11.0. The number of hydrogen-bond donors (Lipinski definition) is 0. The maximum atomic E-state index is 11.0. The fraction of sp³-hybridized carbons (Fsp3) is 0.188. The van der Waals surface area contributed by atoms with Gasteiger partial charge >= 0.3 is 0 Å². The van der Waals surface area contributed by atoms with Crippen molar-refractivity contribution in [3.63, 3.8) is 0 Å². The van der Waals surface area contributed by atoms with Gasteiger partial charge in [0.15, 0.2) is 0 Å². The van der Waals surface area contributed by atoms with Crippen molar-refractivity contribution in [3.05, 3.63) is 73.3 Å². The fourth-order valence-electron chi connectivity index (χ4n) is 2.39. The van der Waals surface area contributed by atoms with E-state index in [2.05, 4.69) is 15.5 Å². The van der Waals surface area contributed by atoms with E-state index in [-0.39, 0.29) is 17.1 Å². The van der Waals surface area contributed by atoms with Crippen LogP contribution in [0, 0.1) is 34.1 Å². The molecule has 27 heavy (non-hydrogen) atoms. The van der Waals surface area contributed by atoms with Gasteiger partial charge in [-0.05, 0) is 53.1 Å². The normalized spacial score (nSPS) is 10.7. The molecule has 0 aliphatic heterocycles. The molecule has 0 unspecified atom stereocenters. The Hall–Kier alpha value is -3.34. The Bertz CT molecular complexity index is 1000. The highest BCUT2D eigenvalue weighted by atomic mass is 32.2. The number of aromatic nitrogens is 4. The van der Waals surface area contributed by atoms with E-state index in [1.165, 1.54) is 23.9 Å². The zero-order valence-corrected chi connectivity index (χ0v) is 15.2. The summed E-state index contributed by atoms with van der Waals surface area (Å²) in [5.74, 6) is 0.244. The van der Waals surface area contributed by atoms with Gasteiger partial charge in [0.2, 0.25) is 5.16 Å². The van der Waals surface area contributed by atoms with Crippen LogP contribution < -0.4 is 0 Å². The minimum atomic E-state index is -0.652. The molecule has 0 spiro atoms. The molecule has 138 valence electrons. The lowest BCUT2D eigenvalue weighted by molar-refractivity contribution is -0.394. The molecular weight excluding hydrogens is 372 g/mol. The quantitative estimate of drug-likeness (QED) is 0.358. The van der Waals surface area contributed by atoms with E-state index in [4.69, 9.17) is 0 Å². The summed E-state index contributed by atoms with van der Waals surface area (Å²) in [6, 6.07) is 9.36. The third-order valence-electron chi connectivity index (χ3n) is 3.93. The van der Waals surface area contributed by atoms with Crippen LogP contribution in [-0.2, 0) is 5.75 Å². The zero-order valence-electron chi connectivity index (χ0n) is 14.4. The number of non-ortho nitro benzene ring substituents is 2. The minimum absolute atomic E-state index is 0.244. The van der Waals surface area contributed by atoms with Crippen LogP contribution in [0.3, 0.4) is 0 Å². The summed E-state index contributed by atoms with van der Waals surface area (Å²) in [6.45, 7) is 3.99. The Morgan fingerprint density at radius 2 is 1.67 bits per heavy atom. The molecule has 0 radical (unpaired) electrons. The SMILES string of the molecule is Cc1ccc(-n2nnnc2SCc2cc([N+](=O)[O-])cc([N+](=O)[O-])c2)cc1C. The Morgan fingerprint density at radius 3 is 2.26 bits per heavy atom. The number of nitro groups is 2. The minimum Gasteiger partial charge on any atom is -0.258 e. The van der Waals surface area contributed by atoms with Gasteiger partial charge in [-0.1, -0.05) is 17.8 Å². The van der Waals surface area contributed by atoms with E-state index < -0.39 is 9.85 Å². The van der Waals surface area contributed by atoms with Crippen LogP contribution in [0.1, 0.15) is 16.7 Å². The molecule has 0 saturated heterocycles. The highest BCUT2D eigenvalue weighted by molar-refractivity contribution is 7.98. The van der Waals surface area contributed by atoms with Crippen LogP contribution in [0.2, 0.25) is 0 Å². The first kappa shape index (κ1) is 18.5. The molecule has 0 aliphatic carbocycles. The molecule has 3 rings (SSSR count). The monoisotopic (exact) mass is 386 g/mol. The van der Waals surface area contributed by atoms with E-state index in [9.17, 15) is 20.2 Å². The van der Waals surface area contributed by atoms with Crippen LogP contribution in [0.4, 0.5) is 11.4 Å². The van der Waals surface area contributed by atoms with Crippen LogP contribution in [0.25, 0.3) is 5.69 Å². The molecule has 2 aromatic carbocycles. The van der Waals surface area contributed by atoms with Crippen LogP contribution in [-0.4, -0.2) is 30.1 Å². The number of rotatable bonds is 6. The number of tetrazole rings is 1. The summed E-state index contributed by atoms with van der Waals surface area (Å²) in [5, 5.41) is 34.1. The van der Waals surface area contributed by atoms with Gasteiger partial charge in [-0.15, -0.1) is 5.10 Å². The Balaban J connectivity index is 1.86. The number of nitro benzene ring substituents is 2. The maximum Gasteiger partial charge on any atom is 0.276 e. The Morgan fingerprint density at radius 1 is 1.00 bits per heavy atom. The molecule has 0 N–H and O–H groups in total. The zero-order chi connectivity index (χ0) is 19.6. The molecule has 1 heterocycles. The molecule has 0 saturated carbocycles. The highest BCUT2D eigenvalue weighted by Gasteiger charge is 2.17. The molecule has 1 aromatic heterocycles. The number of nitrogens with zero attached hydrogens (tertiary/aromatic N) is 6. The third-order valence-corrected chi connectivity index (χ3v) is 4.92. The van der Waals surface area contributed by atoms with Gasteiger partial charge in [-0.3, -0.25) is 20.2 Å². The van der Waals surface area contributed by atoms with Gasteiger partial charge in [-0.2, -0.15) is 4.68 Å². The third kappa shape index (κ3) is 4.08. The number of aryl methyl sites for hydroxylation is 2. The van der Waals surface area contributed by atoms with Crippen LogP contribution in [0.15, 0.2) is 41.6 Å². The topological polar surface area (TPSA) is 130 Å². The second kappa shape index (κ2) is 7.50. The lowest BCUT2D eigenvalue weighted by Crippen LogP contribution is -2.00. The summed E-state index contributed by atoms with van der Waals surface area (Å²) < 4.78 is 1.56. The van der Waals surface area contributed by atoms with Gasteiger partial charge in [0.1, 0.15) is 0 Å². The average molecular weight is 386 g/mol. The van der Waals surface area contributed by atoms with Crippen molar-refractivity contribution in [1.29, 1.82) is 0 Å². The van der Waals surface area contributed by atoms with E-state index >= 15 is 0 Å². The summed E-state index contributed by atoms with van der Waals surface area (Å²) in [5.41, 5.74) is 2.81. The smallest absolute Gasteiger partial charge is 0.258 e. The van der Waals surface area contributed by atoms with Crippen molar-refractivity contribution >= 4 is 23.1 Å². The first-order valence-corrected chi connectivity index (χ1v) is 8.75. The molecule has 10 nitrogen and oxygen atoms in total. The molecule has 0 atom stereocenters. The van der Waals surface area contributed by atoms with Crippen molar-refractivity contribution < 1.29 is 9.85 Å². The van der Waals surface area contributed by atoms with Gasteiger partial charge in [-0.25, -0.2) is 0 Å². The highest BCUT2D eigenvalue weighted by Crippen LogP contribution is 2.28. The molecule has 0 aliphatic rings. The van der Waals surface area contributed by atoms with Crippen molar-refractivity contribution in [1.82, 2.24) is 20.2 Å². The molecule has 11 heteroatoms. The van der Waals surface area contributed by atoms with Crippen LogP contribution >= 0.6 is 11.8 Å². The average Bonchev–Trinajstić information content (AvgIpc) is 3.10. The molecular formula is C16H14N6O4S. The fourth-order valence-corrected chi connectivity index (χ4v) is 3.21. The van der Waals surface area contributed by atoms with Crippen molar-refractivity contribution in [3.8, 4) is 5.69 Å². The molecule has 0 bridgehead atoms. The Labute approximate surface area is 157 Å². The number of hydrogen-bond acceptors (Lipinski definition) is 8. The number of benzene rings is 2. The lowest BCUT2D eigenvalue weighted by atomic mass is 10.1. The summed E-state index contributed by atoms with van der Waals surface area (Å²) >= 11 is 1.23. The molecule has 0 amide bonds. The van der Waals surface area contributed by atoms with E-state index in [0.717, 1.165) is 22.9 Å². The second-order valence-electron chi connectivity index (χ2n) is 5.80. The second-order valence-corrected chi connectivity index (χ2v) is 6.74. The predicted octanol–water partition coefficient (Wildman–Crippen LogP) is 3.39. The molecule has 0 fully saturated rings. The van der Waals surface area contributed by atoms with E-state index in [1.54, 1.807) is 4.68 Å². The first-order chi connectivity index (χ1) is 12.8. The van der Waals surface area contributed by atoms with E-state index in [0.29, 0.717) is 10.7 Å². The van der Waals surface area contributed by atoms with Crippen molar-refractivity contribution in [2.24, 2.45) is 0 Å². The first-order valence-electron chi connectivity index (χ1n) is 7.76. The largest absolute Gasteiger partial charge is 0.276 e. The lowest BCUT2D eigenvalue weighted by Gasteiger charge is -2.07. The van der Waals surface area contributed by atoms with Crippen molar-refractivity contribution in [2.45, 2.75) is 24.8 Å². The standard InChI is InChI=1S/C16H14N6O4S/c1-10-3-4-13(5-11(10)2)20-16(17-18-19-20)27-9-12-6-14(21(23)24)8-15(7-12)22(25)26/h3-8H,9H2,1-2H3. The van der Waals surface area contributed by atoms with Gasteiger partial charge in [0.25, 0.3) is 11.4 Å². The number of thioether (sulfide) groups is 1. The van der Waals surface area contributed by atoms with Gasteiger partial charge in [0, 0.05) is 17.9 Å². The van der Waals surface area contributed by atoms with Gasteiger partial charge in [0.05, 0.1) is 21.6 Å². The summed E-state index contributed by atoms with van der Waals surface area (Å²) in [4.78, 5) is 20.7.